The summed E-state index contributed by atoms with van der Waals surface area (Å²) in [4.78, 5) is 27.5. The zero-order valence-electron chi connectivity index (χ0n) is 21.2. The molecule has 35 heavy (non-hydrogen) atoms. The van der Waals surface area contributed by atoms with Crippen LogP contribution in [0.2, 0.25) is 5.02 Å². The van der Waals surface area contributed by atoms with Crippen molar-refractivity contribution in [3.8, 4) is 0 Å². The molecule has 2 aromatic carbocycles. The highest BCUT2D eigenvalue weighted by molar-refractivity contribution is 7.92. The van der Waals surface area contributed by atoms with Gasteiger partial charge in [0.05, 0.1) is 11.9 Å². The molecule has 0 saturated carbocycles. The molecule has 0 aliphatic rings. The summed E-state index contributed by atoms with van der Waals surface area (Å²) in [7, 11) is -3.54. The van der Waals surface area contributed by atoms with Crippen molar-refractivity contribution in [2.45, 2.75) is 59.5 Å². The van der Waals surface area contributed by atoms with Crippen LogP contribution < -0.4 is 9.62 Å². The van der Waals surface area contributed by atoms with E-state index in [0.29, 0.717) is 23.7 Å². The number of carbonyl (C=O) groups is 2. The number of rotatable bonds is 12. The van der Waals surface area contributed by atoms with E-state index in [1.165, 1.54) is 15.5 Å². The minimum Gasteiger partial charge on any atom is -0.354 e. The van der Waals surface area contributed by atoms with E-state index in [1.807, 2.05) is 57.2 Å². The lowest BCUT2D eigenvalue weighted by atomic mass is 10.1. The molecule has 0 saturated heterocycles. The van der Waals surface area contributed by atoms with E-state index in [9.17, 15) is 18.0 Å². The minimum atomic E-state index is -3.54. The molecule has 0 spiro atoms. The van der Waals surface area contributed by atoms with Gasteiger partial charge in [-0.3, -0.25) is 13.9 Å². The quantitative estimate of drug-likeness (QED) is 0.447. The summed E-state index contributed by atoms with van der Waals surface area (Å²) in [5, 5.41) is 3.36. The fraction of sp³-hybridized carbons (Fsp3) is 0.462. The van der Waals surface area contributed by atoms with Crippen LogP contribution >= 0.6 is 11.6 Å². The highest BCUT2D eigenvalue weighted by atomic mass is 35.5. The summed E-state index contributed by atoms with van der Waals surface area (Å²) < 4.78 is 26.4. The molecule has 9 heteroatoms. The van der Waals surface area contributed by atoms with Crippen molar-refractivity contribution in [2.75, 3.05) is 23.7 Å². The van der Waals surface area contributed by atoms with Gasteiger partial charge in [-0.25, -0.2) is 8.42 Å². The molecule has 0 bridgehead atoms. The fourth-order valence-electron chi connectivity index (χ4n) is 3.76. The van der Waals surface area contributed by atoms with Crippen LogP contribution in [0.15, 0.2) is 42.5 Å². The topological polar surface area (TPSA) is 86.8 Å². The lowest BCUT2D eigenvalue weighted by Crippen LogP contribution is -2.48. The first-order valence-electron chi connectivity index (χ1n) is 11.8. The lowest BCUT2D eigenvalue weighted by Gasteiger charge is -2.30. The molecule has 1 N–H and O–H groups in total. The van der Waals surface area contributed by atoms with E-state index in [-0.39, 0.29) is 31.3 Å². The first-order valence-corrected chi connectivity index (χ1v) is 14.0. The molecule has 0 unspecified atom stereocenters. The van der Waals surface area contributed by atoms with Gasteiger partial charge in [-0.15, -0.1) is 0 Å². The second-order valence-electron chi connectivity index (χ2n) is 8.81. The number of hydrogen-bond acceptors (Lipinski definition) is 4. The van der Waals surface area contributed by atoms with Gasteiger partial charge in [0, 0.05) is 31.1 Å². The Morgan fingerprint density at radius 2 is 1.80 bits per heavy atom. The molecule has 192 valence electrons. The number of carbonyl (C=O) groups excluding carboxylic acids is 2. The van der Waals surface area contributed by atoms with Crippen LogP contribution in [0.5, 0.6) is 0 Å². The van der Waals surface area contributed by atoms with Gasteiger partial charge in [0.1, 0.15) is 6.04 Å². The lowest BCUT2D eigenvalue weighted by molar-refractivity contribution is -0.140. The Kier molecular flexibility index (Phi) is 10.6. The van der Waals surface area contributed by atoms with Crippen molar-refractivity contribution in [1.82, 2.24) is 10.2 Å². The summed E-state index contributed by atoms with van der Waals surface area (Å²) in [6.45, 7) is 8.29. The van der Waals surface area contributed by atoms with Gasteiger partial charge in [0.2, 0.25) is 21.8 Å². The summed E-state index contributed by atoms with van der Waals surface area (Å²) in [6, 6.07) is 12.2. The van der Waals surface area contributed by atoms with Crippen LogP contribution in [0.3, 0.4) is 0 Å². The third kappa shape index (κ3) is 8.25. The predicted octanol–water partition coefficient (Wildman–Crippen LogP) is 4.45. The van der Waals surface area contributed by atoms with E-state index >= 15 is 0 Å². The molecule has 0 aliphatic heterocycles. The number of halogens is 1. The van der Waals surface area contributed by atoms with Crippen LogP contribution in [0.4, 0.5) is 5.69 Å². The molecule has 2 aromatic rings. The smallest absolute Gasteiger partial charge is 0.242 e. The normalized spacial score (nSPS) is 12.2. The molecule has 1 atom stereocenters. The van der Waals surface area contributed by atoms with Crippen molar-refractivity contribution in [1.29, 1.82) is 0 Å². The van der Waals surface area contributed by atoms with Crippen molar-refractivity contribution in [2.24, 2.45) is 0 Å². The van der Waals surface area contributed by atoms with Crippen molar-refractivity contribution in [3.63, 3.8) is 0 Å². The van der Waals surface area contributed by atoms with Gasteiger partial charge < -0.3 is 10.2 Å². The largest absolute Gasteiger partial charge is 0.354 e. The van der Waals surface area contributed by atoms with Crippen LogP contribution in [0, 0.1) is 13.8 Å². The zero-order chi connectivity index (χ0) is 26.2. The Morgan fingerprint density at radius 3 is 2.43 bits per heavy atom. The zero-order valence-corrected chi connectivity index (χ0v) is 22.7. The molecule has 7 nitrogen and oxygen atoms in total. The fourth-order valence-corrected chi connectivity index (χ4v) is 4.97. The highest BCUT2D eigenvalue weighted by Crippen LogP contribution is 2.25. The van der Waals surface area contributed by atoms with Gasteiger partial charge in [-0.05, 0) is 62.4 Å². The van der Waals surface area contributed by atoms with Crippen LogP contribution in [-0.4, -0.2) is 50.5 Å². The maximum absolute atomic E-state index is 13.3. The Morgan fingerprint density at radius 1 is 1.11 bits per heavy atom. The third-order valence-electron chi connectivity index (χ3n) is 5.80. The number of nitrogens with zero attached hydrogens (tertiary/aromatic N) is 2. The molecule has 0 aliphatic carbocycles. The van der Waals surface area contributed by atoms with Gasteiger partial charge in [-0.1, -0.05) is 48.9 Å². The molecule has 2 rings (SSSR count). The van der Waals surface area contributed by atoms with E-state index in [4.69, 9.17) is 11.6 Å². The molecule has 0 aromatic heterocycles. The van der Waals surface area contributed by atoms with Crippen LogP contribution in [0.1, 0.15) is 49.8 Å². The van der Waals surface area contributed by atoms with E-state index in [1.54, 1.807) is 13.0 Å². The van der Waals surface area contributed by atoms with Crippen LogP contribution in [0.25, 0.3) is 0 Å². The number of aryl methyl sites for hydroxylation is 2. The van der Waals surface area contributed by atoms with Gasteiger partial charge in [0.25, 0.3) is 0 Å². The molecule has 0 radical (unpaired) electrons. The first-order chi connectivity index (χ1) is 16.5. The van der Waals surface area contributed by atoms with Gasteiger partial charge >= 0.3 is 0 Å². The van der Waals surface area contributed by atoms with Gasteiger partial charge in [0.15, 0.2) is 0 Å². The Hall–Kier alpha value is -2.58. The number of benzene rings is 2. The van der Waals surface area contributed by atoms with Crippen LogP contribution in [-0.2, 0) is 26.2 Å². The summed E-state index contributed by atoms with van der Waals surface area (Å²) in [5.41, 5.74) is 3.15. The molecule has 2 amide bonds. The maximum Gasteiger partial charge on any atom is 0.242 e. The van der Waals surface area contributed by atoms with E-state index in [2.05, 4.69) is 5.32 Å². The maximum atomic E-state index is 13.3. The average Bonchev–Trinajstić information content (AvgIpc) is 2.80. The summed E-state index contributed by atoms with van der Waals surface area (Å²) in [5.74, 6) is -0.473. The predicted molar refractivity (Wildman–Crippen MR) is 142 cm³/mol. The second-order valence-corrected chi connectivity index (χ2v) is 11.1. The minimum absolute atomic E-state index is 0.0900. The number of hydrogen-bond donors (Lipinski definition) is 1. The molecular formula is C26H36ClN3O4S. The molecular weight excluding hydrogens is 486 g/mol. The number of amides is 2. The van der Waals surface area contributed by atoms with E-state index in [0.717, 1.165) is 23.1 Å². The standard InChI is InChI=1S/C26H36ClN3O4S/c1-6-15-28-26(32)21(4)29(18-22-10-7-8-11-23(22)27)25(31)12-9-16-30(35(5,33)34)24-17-19(2)13-14-20(24)3/h7-8,10-11,13-14,17,21H,6,9,12,15-16,18H2,1-5H3,(H,28,32)/t21-/m0/s1. The Bertz CT molecular complexity index is 1140. The highest BCUT2D eigenvalue weighted by Gasteiger charge is 2.27. The molecule has 0 fully saturated rings. The SMILES string of the molecule is CCCNC(=O)[C@H](C)N(Cc1ccccc1Cl)C(=O)CCCN(c1cc(C)ccc1C)S(C)(=O)=O. The summed E-state index contributed by atoms with van der Waals surface area (Å²) >= 11 is 6.32. The number of anilines is 1. The van der Waals surface area contributed by atoms with Gasteiger partial charge in [-0.2, -0.15) is 0 Å². The number of nitrogens with one attached hydrogen (secondary N) is 1. The van der Waals surface area contributed by atoms with Crippen molar-refractivity contribution >= 4 is 39.1 Å². The van der Waals surface area contributed by atoms with Crippen molar-refractivity contribution in [3.05, 3.63) is 64.2 Å². The third-order valence-corrected chi connectivity index (χ3v) is 7.35. The monoisotopic (exact) mass is 521 g/mol. The Labute approximate surface area is 214 Å². The number of sulfonamides is 1. The summed E-state index contributed by atoms with van der Waals surface area (Å²) in [6.07, 6.45) is 2.35. The second kappa shape index (κ2) is 12.9. The molecule has 0 heterocycles. The first kappa shape index (κ1) is 28.7. The van der Waals surface area contributed by atoms with E-state index < -0.39 is 16.1 Å². The average molecular weight is 522 g/mol. The Balaban J connectivity index is 2.20. The van der Waals surface area contributed by atoms with Crippen molar-refractivity contribution < 1.29 is 18.0 Å².